The Hall–Kier alpha value is -0.800. The minimum Gasteiger partial charge on any atom is -0.394 e. The molecule has 0 unspecified atom stereocenters. The van der Waals surface area contributed by atoms with Crippen LogP contribution in [0, 0.1) is 0 Å². The summed E-state index contributed by atoms with van der Waals surface area (Å²) in [7, 11) is 0. The lowest BCUT2D eigenvalue weighted by molar-refractivity contribution is -0.0388. The fourth-order valence-electron chi connectivity index (χ4n) is 1.22. The Labute approximate surface area is 250 Å². The lowest BCUT2D eigenvalue weighted by Gasteiger charge is -2.10. The molecule has 0 aromatic rings. The standard InChI is InChI=1S/5C4H10O4.C3H8/c5*5-1-3(7)4(8)2-6;1-3-2/h5*3-8H,1-2H2;3H2,1-2H3/t5*3-,4+;. The summed E-state index contributed by atoms with van der Waals surface area (Å²) in [6, 6.07) is 0. The molecule has 0 rings (SSSR count). The van der Waals surface area contributed by atoms with Crippen molar-refractivity contribution in [3.63, 3.8) is 0 Å². The fourth-order valence-corrected chi connectivity index (χ4v) is 1.22. The summed E-state index contributed by atoms with van der Waals surface area (Å²) >= 11 is 0. The first-order chi connectivity index (χ1) is 20.0. The van der Waals surface area contributed by atoms with Crippen LogP contribution in [0.1, 0.15) is 20.3 Å². The van der Waals surface area contributed by atoms with Gasteiger partial charge >= 0.3 is 0 Å². The van der Waals surface area contributed by atoms with Gasteiger partial charge in [0.2, 0.25) is 0 Å². The summed E-state index contributed by atoms with van der Waals surface area (Å²) < 4.78 is 0. The third-order valence-corrected chi connectivity index (χ3v) is 4.09. The van der Waals surface area contributed by atoms with Crippen molar-refractivity contribution in [1.29, 1.82) is 0 Å². The molecule has 0 bridgehead atoms. The van der Waals surface area contributed by atoms with Crippen LogP contribution in [-0.2, 0) is 0 Å². The van der Waals surface area contributed by atoms with Crippen molar-refractivity contribution in [1.82, 2.24) is 0 Å². The summed E-state index contributed by atoms with van der Waals surface area (Å²) in [6.07, 6.45) is -11.0. The zero-order chi connectivity index (χ0) is 35.6. The number of aliphatic hydroxyl groups excluding tert-OH is 20. The Kier molecular flexibility index (Phi) is 52.4. The highest BCUT2D eigenvalue weighted by Crippen LogP contribution is 1.91. The third-order valence-electron chi connectivity index (χ3n) is 4.09. The van der Waals surface area contributed by atoms with E-state index in [9.17, 15) is 0 Å². The number of hydrogen-bond donors (Lipinski definition) is 20. The van der Waals surface area contributed by atoms with E-state index in [4.69, 9.17) is 102 Å². The SMILES string of the molecule is CCC.OC[C@@H](O)[C@@H](O)CO.OC[C@@H](O)[C@@H](O)CO.OC[C@@H](O)[C@@H](O)CO.OC[C@@H](O)[C@@H](O)CO.OC[C@@H](O)[C@@H](O)CO. The molecule has 20 N–H and O–H groups in total. The van der Waals surface area contributed by atoms with Crippen LogP contribution in [0.4, 0.5) is 0 Å². The quantitative estimate of drug-likeness (QED) is 0.0778. The molecule has 0 aromatic heterocycles. The molecule has 270 valence electrons. The Morgan fingerprint density at radius 2 is 0.279 bits per heavy atom. The second-order valence-electron chi connectivity index (χ2n) is 8.21. The van der Waals surface area contributed by atoms with Crippen LogP contribution in [0.25, 0.3) is 0 Å². The molecule has 0 heterocycles. The van der Waals surface area contributed by atoms with E-state index in [1.165, 1.54) is 6.42 Å². The lowest BCUT2D eigenvalue weighted by Crippen LogP contribution is -2.31. The highest BCUT2D eigenvalue weighted by Gasteiger charge is 2.14. The van der Waals surface area contributed by atoms with E-state index in [-0.39, 0.29) is 0 Å². The van der Waals surface area contributed by atoms with Crippen LogP contribution in [0.2, 0.25) is 0 Å². The van der Waals surface area contributed by atoms with E-state index in [2.05, 4.69) is 13.8 Å². The highest BCUT2D eigenvalue weighted by atomic mass is 16.4. The van der Waals surface area contributed by atoms with Crippen LogP contribution in [0.5, 0.6) is 0 Å². The summed E-state index contributed by atoms with van der Waals surface area (Å²) in [6.45, 7) is -1.01. The van der Waals surface area contributed by atoms with Crippen LogP contribution in [0.3, 0.4) is 0 Å². The van der Waals surface area contributed by atoms with Crippen molar-refractivity contribution < 1.29 is 102 Å². The molecule has 0 fully saturated rings. The number of hydrogen-bond acceptors (Lipinski definition) is 20. The van der Waals surface area contributed by atoms with Gasteiger partial charge in [0, 0.05) is 0 Å². The Morgan fingerprint density at radius 3 is 0.302 bits per heavy atom. The van der Waals surface area contributed by atoms with Crippen LogP contribution in [-0.4, -0.2) is 229 Å². The van der Waals surface area contributed by atoms with Crippen molar-refractivity contribution in [2.45, 2.75) is 81.3 Å². The van der Waals surface area contributed by atoms with E-state index in [0.717, 1.165) is 0 Å². The maximum absolute atomic E-state index is 8.47. The van der Waals surface area contributed by atoms with Gasteiger partial charge in [-0.3, -0.25) is 0 Å². The smallest absolute Gasteiger partial charge is 0.105 e. The van der Waals surface area contributed by atoms with Gasteiger partial charge in [0.25, 0.3) is 0 Å². The first-order valence-corrected chi connectivity index (χ1v) is 12.9. The van der Waals surface area contributed by atoms with E-state index < -0.39 is 127 Å². The van der Waals surface area contributed by atoms with Crippen molar-refractivity contribution >= 4 is 0 Å². The van der Waals surface area contributed by atoms with Crippen molar-refractivity contribution in [3.8, 4) is 0 Å². The number of rotatable bonds is 15. The van der Waals surface area contributed by atoms with Crippen LogP contribution >= 0.6 is 0 Å². The van der Waals surface area contributed by atoms with Crippen LogP contribution < -0.4 is 0 Å². The molecule has 0 saturated carbocycles. The predicted molar refractivity (Wildman–Crippen MR) is 147 cm³/mol. The maximum atomic E-state index is 8.47. The fraction of sp³-hybridized carbons (Fsp3) is 1.00. The first-order valence-electron chi connectivity index (χ1n) is 12.9. The molecule has 0 spiro atoms. The average Bonchev–Trinajstić information content (AvgIpc) is 3.05. The van der Waals surface area contributed by atoms with Gasteiger partial charge in [-0.15, -0.1) is 0 Å². The molecular formula is C23H58O20. The second kappa shape index (κ2) is 41.2. The minimum absolute atomic E-state index is 0.526. The summed E-state index contributed by atoms with van der Waals surface area (Å²) in [5.74, 6) is 0. The van der Waals surface area contributed by atoms with Crippen molar-refractivity contribution in [2.75, 3.05) is 66.1 Å². The molecule has 0 amide bonds. The Balaban J connectivity index is -0.0000000971. The van der Waals surface area contributed by atoms with Crippen molar-refractivity contribution in [2.24, 2.45) is 0 Å². The van der Waals surface area contributed by atoms with Gasteiger partial charge in [0.05, 0.1) is 66.1 Å². The van der Waals surface area contributed by atoms with Gasteiger partial charge < -0.3 is 102 Å². The largest absolute Gasteiger partial charge is 0.394 e. The van der Waals surface area contributed by atoms with E-state index in [1.807, 2.05) is 0 Å². The molecule has 20 heteroatoms. The monoisotopic (exact) mass is 654 g/mol. The molecule has 10 atom stereocenters. The molecular weight excluding hydrogens is 596 g/mol. The van der Waals surface area contributed by atoms with Crippen LogP contribution in [0.15, 0.2) is 0 Å². The zero-order valence-electron chi connectivity index (χ0n) is 24.5. The van der Waals surface area contributed by atoms with Gasteiger partial charge in [-0.1, -0.05) is 20.3 Å². The molecule has 0 aliphatic rings. The molecule has 0 aliphatic carbocycles. The zero-order valence-corrected chi connectivity index (χ0v) is 24.5. The normalized spacial score (nSPS) is 17.2. The maximum Gasteiger partial charge on any atom is 0.105 e. The number of aliphatic hydroxyl groups is 20. The van der Waals surface area contributed by atoms with E-state index in [0.29, 0.717) is 0 Å². The molecule has 20 nitrogen and oxygen atoms in total. The topological polar surface area (TPSA) is 405 Å². The molecule has 0 aliphatic heterocycles. The first kappa shape index (κ1) is 54.7. The summed E-state index contributed by atoms with van der Waals surface area (Å²) in [5, 5.41) is 166. The minimum atomic E-state index is -1.22. The lowest BCUT2D eigenvalue weighted by atomic mass is 10.2. The average molecular weight is 655 g/mol. The van der Waals surface area contributed by atoms with E-state index >= 15 is 0 Å². The van der Waals surface area contributed by atoms with Gasteiger partial charge in [0.1, 0.15) is 61.0 Å². The van der Waals surface area contributed by atoms with Gasteiger partial charge in [-0.05, 0) is 0 Å². The molecule has 0 saturated heterocycles. The Bertz CT molecular complexity index is 349. The Morgan fingerprint density at radius 1 is 0.233 bits per heavy atom. The van der Waals surface area contributed by atoms with E-state index in [1.54, 1.807) is 0 Å². The van der Waals surface area contributed by atoms with Crippen molar-refractivity contribution in [3.05, 3.63) is 0 Å². The molecule has 43 heavy (non-hydrogen) atoms. The molecule has 0 aromatic carbocycles. The van der Waals surface area contributed by atoms with Gasteiger partial charge in [0.15, 0.2) is 0 Å². The second-order valence-corrected chi connectivity index (χ2v) is 8.21. The highest BCUT2D eigenvalue weighted by molar-refractivity contribution is 4.64. The summed E-state index contributed by atoms with van der Waals surface area (Å²) in [5.41, 5.74) is 0. The van der Waals surface area contributed by atoms with Gasteiger partial charge in [-0.2, -0.15) is 0 Å². The molecule has 0 radical (unpaired) electrons. The van der Waals surface area contributed by atoms with Gasteiger partial charge in [-0.25, -0.2) is 0 Å². The third kappa shape index (κ3) is 41.2. The summed E-state index contributed by atoms with van der Waals surface area (Å²) in [4.78, 5) is 0. The predicted octanol–water partition coefficient (Wildman–Crippen LogP) is -10.1.